The highest BCUT2D eigenvalue weighted by atomic mass is 16.4. The maximum absolute atomic E-state index is 12.6. The Balaban J connectivity index is 2.65. The lowest BCUT2D eigenvalue weighted by Crippen LogP contribution is -2.54. The Morgan fingerprint density at radius 1 is 1.21 bits per heavy atom. The summed E-state index contributed by atoms with van der Waals surface area (Å²) in [4.78, 5) is 49.9. The molecular weight excluding hydrogens is 364 g/mol. The fraction of sp³-hybridized carbons (Fsp3) is 0.789. The number of carboxylic acids is 1. The molecule has 0 aromatic rings. The lowest BCUT2D eigenvalue weighted by atomic mass is 9.99. The van der Waals surface area contributed by atoms with E-state index in [4.69, 9.17) is 5.73 Å². The maximum atomic E-state index is 12.6. The Bertz CT molecular complexity index is 581. The van der Waals surface area contributed by atoms with Gasteiger partial charge in [-0.1, -0.05) is 34.1 Å². The van der Waals surface area contributed by atoms with Crippen LogP contribution in [0.5, 0.6) is 0 Å². The Kier molecular flexibility index (Phi) is 9.37. The molecule has 1 rings (SSSR count). The summed E-state index contributed by atoms with van der Waals surface area (Å²) < 4.78 is 0. The molecule has 9 heteroatoms. The third-order valence-corrected chi connectivity index (χ3v) is 5.13. The number of likely N-dealkylation sites (tertiary alicyclic amines) is 1. The van der Waals surface area contributed by atoms with Gasteiger partial charge in [0.05, 0.1) is 12.6 Å². The van der Waals surface area contributed by atoms with Crippen LogP contribution in [0, 0.1) is 11.8 Å². The molecule has 28 heavy (non-hydrogen) atoms. The molecule has 0 aliphatic carbocycles. The topological polar surface area (TPSA) is 142 Å². The lowest BCUT2D eigenvalue weighted by molar-refractivity contribution is -0.145. The molecular formula is C19H34N4O5. The maximum Gasteiger partial charge on any atom is 0.326 e. The highest BCUT2D eigenvalue weighted by Crippen LogP contribution is 2.18. The fourth-order valence-electron chi connectivity index (χ4n) is 3.28. The van der Waals surface area contributed by atoms with Crippen molar-refractivity contribution in [3.05, 3.63) is 0 Å². The van der Waals surface area contributed by atoms with Gasteiger partial charge in [-0.3, -0.25) is 14.4 Å². The molecule has 0 aromatic carbocycles. The van der Waals surface area contributed by atoms with Gasteiger partial charge < -0.3 is 26.4 Å². The minimum Gasteiger partial charge on any atom is -0.480 e. The van der Waals surface area contributed by atoms with Crippen molar-refractivity contribution in [1.29, 1.82) is 0 Å². The highest BCUT2D eigenvalue weighted by molar-refractivity contribution is 5.93. The minimum absolute atomic E-state index is 0.228. The zero-order chi connectivity index (χ0) is 21.4. The van der Waals surface area contributed by atoms with E-state index in [1.807, 2.05) is 20.8 Å². The lowest BCUT2D eigenvalue weighted by Gasteiger charge is -2.27. The van der Waals surface area contributed by atoms with E-state index < -0.39 is 35.9 Å². The third kappa shape index (κ3) is 6.78. The zero-order valence-corrected chi connectivity index (χ0v) is 17.2. The monoisotopic (exact) mass is 398 g/mol. The second kappa shape index (κ2) is 11.0. The predicted octanol–water partition coefficient (Wildman–Crippen LogP) is 0.0825. The summed E-state index contributed by atoms with van der Waals surface area (Å²) in [7, 11) is 0. The molecule has 5 N–H and O–H groups in total. The van der Waals surface area contributed by atoms with Crippen LogP contribution in [0.15, 0.2) is 0 Å². The fourth-order valence-corrected chi connectivity index (χ4v) is 3.28. The Labute approximate surface area is 166 Å². The van der Waals surface area contributed by atoms with E-state index in [0.29, 0.717) is 32.2 Å². The van der Waals surface area contributed by atoms with Gasteiger partial charge in [-0.05, 0) is 31.1 Å². The van der Waals surface area contributed by atoms with Crippen molar-refractivity contribution in [3.8, 4) is 0 Å². The number of aliphatic carboxylic acids is 1. The Morgan fingerprint density at radius 2 is 1.86 bits per heavy atom. The van der Waals surface area contributed by atoms with Gasteiger partial charge in [0.2, 0.25) is 17.7 Å². The van der Waals surface area contributed by atoms with Crippen molar-refractivity contribution in [2.75, 3.05) is 13.1 Å². The van der Waals surface area contributed by atoms with Crippen LogP contribution in [0.1, 0.15) is 53.4 Å². The van der Waals surface area contributed by atoms with E-state index in [9.17, 15) is 24.3 Å². The van der Waals surface area contributed by atoms with Gasteiger partial charge in [0.1, 0.15) is 12.1 Å². The van der Waals surface area contributed by atoms with E-state index in [2.05, 4.69) is 10.6 Å². The summed E-state index contributed by atoms with van der Waals surface area (Å²) in [5.74, 6) is -2.31. The van der Waals surface area contributed by atoms with Crippen LogP contribution in [0.4, 0.5) is 0 Å². The molecule has 4 atom stereocenters. The molecule has 9 nitrogen and oxygen atoms in total. The van der Waals surface area contributed by atoms with Crippen molar-refractivity contribution >= 4 is 23.7 Å². The van der Waals surface area contributed by atoms with Gasteiger partial charge in [0.15, 0.2) is 0 Å². The molecule has 0 spiro atoms. The SMILES string of the molecule is CCC(C)C(NC(=O)C1CCCN1C(=O)CNC(=O)C(N)CC(C)C)C(=O)O. The van der Waals surface area contributed by atoms with Crippen molar-refractivity contribution in [1.82, 2.24) is 15.5 Å². The van der Waals surface area contributed by atoms with Crippen LogP contribution >= 0.6 is 0 Å². The number of carbonyl (C=O) groups is 4. The number of nitrogens with two attached hydrogens (primary N) is 1. The quantitative estimate of drug-likeness (QED) is 0.411. The first-order valence-electron chi connectivity index (χ1n) is 9.94. The summed E-state index contributed by atoms with van der Waals surface area (Å²) in [6, 6.07) is -2.40. The second-order valence-corrected chi connectivity index (χ2v) is 7.91. The molecule has 0 aromatic heterocycles. The third-order valence-electron chi connectivity index (χ3n) is 5.13. The van der Waals surface area contributed by atoms with Gasteiger partial charge in [0.25, 0.3) is 0 Å². The smallest absolute Gasteiger partial charge is 0.326 e. The van der Waals surface area contributed by atoms with Crippen molar-refractivity contribution in [2.24, 2.45) is 17.6 Å². The van der Waals surface area contributed by atoms with Crippen molar-refractivity contribution in [2.45, 2.75) is 71.5 Å². The second-order valence-electron chi connectivity index (χ2n) is 7.91. The molecule has 1 aliphatic rings. The van der Waals surface area contributed by atoms with E-state index in [1.54, 1.807) is 6.92 Å². The predicted molar refractivity (Wildman–Crippen MR) is 104 cm³/mol. The van der Waals surface area contributed by atoms with Crippen LogP contribution in [-0.2, 0) is 19.2 Å². The summed E-state index contributed by atoms with van der Waals surface area (Å²) in [5, 5.41) is 14.4. The molecule has 4 unspecified atom stereocenters. The molecule has 1 fully saturated rings. The van der Waals surface area contributed by atoms with Gasteiger partial charge in [0, 0.05) is 6.54 Å². The normalized spacial score (nSPS) is 19.8. The molecule has 0 radical (unpaired) electrons. The van der Waals surface area contributed by atoms with Gasteiger partial charge in [-0.2, -0.15) is 0 Å². The number of amides is 3. The number of rotatable bonds is 10. The molecule has 3 amide bonds. The molecule has 1 heterocycles. The number of carbonyl (C=O) groups excluding carboxylic acids is 3. The van der Waals surface area contributed by atoms with Crippen LogP contribution < -0.4 is 16.4 Å². The van der Waals surface area contributed by atoms with Crippen molar-refractivity contribution in [3.63, 3.8) is 0 Å². The summed E-state index contributed by atoms with van der Waals surface area (Å²) in [6.07, 6.45) is 2.23. The largest absolute Gasteiger partial charge is 0.480 e. The van der Waals surface area contributed by atoms with Gasteiger partial charge in [-0.25, -0.2) is 4.79 Å². The van der Waals surface area contributed by atoms with Crippen LogP contribution in [0.3, 0.4) is 0 Å². The average molecular weight is 399 g/mol. The molecule has 0 bridgehead atoms. The first-order valence-corrected chi connectivity index (χ1v) is 9.94. The van der Waals surface area contributed by atoms with Crippen LogP contribution in [0.25, 0.3) is 0 Å². The first kappa shape index (κ1) is 23.9. The standard InChI is InChI=1S/C19H34N4O5/c1-5-12(4)16(19(27)28)22-18(26)14-7-6-8-23(14)15(24)10-21-17(25)13(20)9-11(2)3/h11-14,16H,5-10,20H2,1-4H3,(H,21,25)(H,22,26)(H,27,28). The molecule has 0 saturated carbocycles. The van der Waals surface area contributed by atoms with E-state index in [-0.39, 0.29) is 24.3 Å². The first-order chi connectivity index (χ1) is 13.1. The number of carboxylic acid groups (broad SMARTS) is 1. The van der Waals surface area contributed by atoms with E-state index >= 15 is 0 Å². The summed E-state index contributed by atoms with van der Waals surface area (Å²) in [5.41, 5.74) is 5.80. The summed E-state index contributed by atoms with van der Waals surface area (Å²) in [6.45, 7) is 7.68. The van der Waals surface area contributed by atoms with Crippen LogP contribution in [0.2, 0.25) is 0 Å². The molecule has 1 aliphatic heterocycles. The van der Waals surface area contributed by atoms with Gasteiger partial charge in [-0.15, -0.1) is 0 Å². The highest BCUT2D eigenvalue weighted by Gasteiger charge is 2.36. The van der Waals surface area contributed by atoms with Crippen molar-refractivity contribution < 1.29 is 24.3 Å². The van der Waals surface area contributed by atoms with Gasteiger partial charge >= 0.3 is 5.97 Å². The Morgan fingerprint density at radius 3 is 2.39 bits per heavy atom. The van der Waals surface area contributed by atoms with Crippen LogP contribution in [-0.4, -0.2) is 64.9 Å². The number of nitrogens with one attached hydrogen (secondary N) is 2. The van der Waals surface area contributed by atoms with E-state index in [1.165, 1.54) is 4.90 Å². The minimum atomic E-state index is -1.09. The summed E-state index contributed by atoms with van der Waals surface area (Å²) >= 11 is 0. The number of hydrogen-bond acceptors (Lipinski definition) is 5. The number of hydrogen-bond donors (Lipinski definition) is 4. The zero-order valence-electron chi connectivity index (χ0n) is 17.2. The average Bonchev–Trinajstić information content (AvgIpc) is 3.12. The number of nitrogens with zero attached hydrogens (tertiary/aromatic N) is 1. The Hall–Kier alpha value is -2.16. The molecule has 1 saturated heterocycles. The molecule has 160 valence electrons. The van der Waals surface area contributed by atoms with E-state index in [0.717, 1.165) is 0 Å².